The summed E-state index contributed by atoms with van der Waals surface area (Å²) in [5.74, 6) is 0.610. The molecular formula is C14H13N3O. The van der Waals surface area contributed by atoms with E-state index in [1.807, 2.05) is 12.3 Å². The molecule has 1 aliphatic heterocycles. The van der Waals surface area contributed by atoms with Crippen LogP contribution in [0.15, 0.2) is 18.3 Å². The fraction of sp³-hybridized carbons (Fsp3) is 0.286. The second-order valence-corrected chi connectivity index (χ2v) is 4.48. The van der Waals surface area contributed by atoms with Crippen molar-refractivity contribution in [1.29, 1.82) is 5.26 Å². The van der Waals surface area contributed by atoms with Crippen LogP contribution in [0.3, 0.4) is 0 Å². The molecule has 0 aliphatic carbocycles. The number of nitrogens with zero attached hydrogens (tertiary/aromatic N) is 2. The van der Waals surface area contributed by atoms with Crippen LogP contribution in [0.5, 0.6) is 5.75 Å². The molecule has 2 heterocycles. The van der Waals surface area contributed by atoms with Gasteiger partial charge in [0.05, 0.1) is 18.2 Å². The number of nitriles is 1. The Hall–Kier alpha value is -2.12. The number of aromatic nitrogens is 1. The molecule has 3 rings (SSSR count). The summed E-state index contributed by atoms with van der Waals surface area (Å²) in [5, 5.41) is 13.6. The van der Waals surface area contributed by atoms with E-state index in [4.69, 9.17) is 10.00 Å². The van der Waals surface area contributed by atoms with Crippen LogP contribution in [0.4, 0.5) is 0 Å². The summed E-state index contributed by atoms with van der Waals surface area (Å²) >= 11 is 0. The van der Waals surface area contributed by atoms with Gasteiger partial charge in [-0.1, -0.05) is 0 Å². The third-order valence-electron chi connectivity index (χ3n) is 3.47. The largest absolute Gasteiger partial charge is 0.495 e. The highest BCUT2D eigenvalue weighted by molar-refractivity contribution is 5.87. The van der Waals surface area contributed by atoms with Crippen molar-refractivity contribution >= 4 is 10.9 Å². The Balaban J connectivity index is 2.36. The van der Waals surface area contributed by atoms with Gasteiger partial charge in [-0.15, -0.1) is 0 Å². The van der Waals surface area contributed by atoms with E-state index >= 15 is 0 Å². The number of fused-ring (bicyclic) bond motifs is 3. The van der Waals surface area contributed by atoms with Gasteiger partial charge in [0, 0.05) is 24.2 Å². The fourth-order valence-electron chi connectivity index (χ4n) is 2.55. The highest BCUT2D eigenvalue weighted by Gasteiger charge is 2.22. The Morgan fingerprint density at radius 3 is 3.06 bits per heavy atom. The molecular weight excluding hydrogens is 226 g/mol. The first-order valence-electron chi connectivity index (χ1n) is 5.87. The molecule has 0 spiro atoms. The fourth-order valence-corrected chi connectivity index (χ4v) is 2.55. The van der Waals surface area contributed by atoms with Crippen LogP contribution in [0.2, 0.25) is 0 Å². The van der Waals surface area contributed by atoms with Crippen molar-refractivity contribution in [2.24, 2.45) is 0 Å². The normalized spacial score (nSPS) is 17.5. The number of ether oxygens (including phenoxy) is 1. The maximum absolute atomic E-state index is 9.08. The van der Waals surface area contributed by atoms with Gasteiger partial charge >= 0.3 is 0 Å². The maximum atomic E-state index is 9.08. The van der Waals surface area contributed by atoms with Gasteiger partial charge < -0.3 is 10.1 Å². The molecule has 1 atom stereocenters. The van der Waals surface area contributed by atoms with Crippen molar-refractivity contribution in [1.82, 2.24) is 10.3 Å². The van der Waals surface area contributed by atoms with Crippen LogP contribution in [-0.2, 0) is 6.54 Å². The molecule has 1 aliphatic rings. The Labute approximate surface area is 105 Å². The van der Waals surface area contributed by atoms with Gasteiger partial charge in [0.25, 0.3) is 0 Å². The quantitative estimate of drug-likeness (QED) is 0.829. The van der Waals surface area contributed by atoms with Crippen LogP contribution in [0.1, 0.15) is 29.7 Å². The second kappa shape index (κ2) is 3.97. The lowest BCUT2D eigenvalue weighted by Crippen LogP contribution is -2.07. The first-order valence-corrected chi connectivity index (χ1v) is 5.87. The lowest BCUT2D eigenvalue weighted by atomic mass is 10.00. The number of methoxy groups -OCH3 is 1. The summed E-state index contributed by atoms with van der Waals surface area (Å²) in [4.78, 5) is 4.42. The summed E-state index contributed by atoms with van der Waals surface area (Å²) in [7, 11) is 1.58. The van der Waals surface area contributed by atoms with Crippen molar-refractivity contribution in [3.63, 3.8) is 0 Å². The Bertz CT molecular complexity index is 673. The van der Waals surface area contributed by atoms with Gasteiger partial charge in [-0.25, -0.2) is 0 Å². The zero-order chi connectivity index (χ0) is 12.7. The molecule has 2 aromatic rings. The number of benzene rings is 1. The van der Waals surface area contributed by atoms with E-state index < -0.39 is 0 Å². The maximum Gasteiger partial charge on any atom is 0.137 e. The average molecular weight is 239 g/mol. The highest BCUT2D eigenvalue weighted by atomic mass is 16.5. The van der Waals surface area contributed by atoms with Crippen molar-refractivity contribution in [3.05, 3.63) is 35.0 Å². The Kier molecular flexibility index (Phi) is 2.42. The Morgan fingerprint density at radius 1 is 1.50 bits per heavy atom. The molecule has 0 unspecified atom stereocenters. The number of nitrogens with one attached hydrogen (secondary N) is 1. The number of hydrogen-bond acceptors (Lipinski definition) is 4. The molecule has 0 radical (unpaired) electrons. The predicted octanol–water partition coefficient (Wildman–Crippen LogP) is 2.28. The van der Waals surface area contributed by atoms with Crippen molar-refractivity contribution < 1.29 is 4.74 Å². The van der Waals surface area contributed by atoms with E-state index in [1.165, 1.54) is 11.1 Å². The number of pyridine rings is 1. The standard InChI is InChI=1S/C14H13N3O/c1-8-14-10(6-16-8)7-17-12-3-9(5-15)13(18-2)4-11(12)14/h3-4,7-8,16H,6H2,1-2H3/t8-/m0/s1. The van der Waals surface area contributed by atoms with Crippen molar-refractivity contribution in [2.75, 3.05) is 7.11 Å². The van der Waals surface area contributed by atoms with E-state index in [2.05, 4.69) is 23.3 Å². The molecule has 0 saturated carbocycles. The minimum absolute atomic E-state index is 0.308. The van der Waals surface area contributed by atoms with E-state index in [9.17, 15) is 0 Å². The molecule has 0 bridgehead atoms. The van der Waals surface area contributed by atoms with E-state index in [0.717, 1.165) is 17.4 Å². The van der Waals surface area contributed by atoms with Crippen LogP contribution >= 0.6 is 0 Å². The molecule has 1 aromatic heterocycles. The summed E-state index contributed by atoms with van der Waals surface area (Å²) in [6.07, 6.45) is 1.89. The zero-order valence-electron chi connectivity index (χ0n) is 10.3. The lowest BCUT2D eigenvalue weighted by Gasteiger charge is -2.11. The van der Waals surface area contributed by atoms with Gasteiger partial charge in [0.1, 0.15) is 11.8 Å². The SMILES string of the molecule is COc1cc2c3c(cnc2cc1C#N)CN[C@H]3C. The Morgan fingerprint density at radius 2 is 2.33 bits per heavy atom. The predicted molar refractivity (Wildman–Crippen MR) is 68.3 cm³/mol. The monoisotopic (exact) mass is 239 g/mol. The van der Waals surface area contributed by atoms with Crippen molar-refractivity contribution in [3.8, 4) is 11.8 Å². The molecule has 1 aromatic carbocycles. The first-order chi connectivity index (χ1) is 8.74. The molecule has 0 amide bonds. The minimum atomic E-state index is 0.308. The molecule has 4 nitrogen and oxygen atoms in total. The molecule has 4 heteroatoms. The van der Waals surface area contributed by atoms with Crippen LogP contribution < -0.4 is 10.1 Å². The topological polar surface area (TPSA) is 57.9 Å². The summed E-state index contributed by atoms with van der Waals surface area (Å²) < 4.78 is 5.27. The van der Waals surface area contributed by atoms with Gasteiger partial charge in [-0.3, -0.25) is 4.98 Å². The lowest BCUT2D eigenvalue weighted by molar-refractivity contribution is 0.414. The molecule has 0 saturated heterocycles. The smallest absolute Gasteiger partial charge is 0.137 e. The average Bonchev–Trinajstić information content (AvgIpc) is 2.79. The summed E-state index contributed by atoms with van der Waals surface area (Å²) in [5.41, 5.74) is 3.86. The highest BCUT2D eigenvalue weighted by Crippen LogP contribution is 2.34. The van der Waals surface area contributed by atoms with E-state index in [0.29, 0.717) is 17.4 Å². The third-order valence-corrected chi connectivity index (χ3v) is 3.47. The third kappa shape index (κ3) is 1.45. The number of hydrogen-bond donors (Lipinski definition) is 1. The molecule has 1 N–H and O–H groups in total. The van der Waals surface area contributed by atoms with Crippen molar-refractivity contribution in [2.45, 2.75) is 19.5 Å². The van der Waals surface area contributed by atoms with Gasteiger partial charge in [0.2, 0.25) is 0 Å². The van der Waals surface area contributed by atoms with Gasteiger partial charge in [-0.2, -0.15) is 5.26 Å². The number of rotatable bonds is 1. The minimum Gasteiger partial charge on any atom is -0.495 e. The van der Waals surface area contributed by atoms with Crippen LogP contribution in [0, 0.1) is 11.3 Å². The van der Waals surface area contributed by atoms with Crippen LogP contribution in [-0.4, -0.2) is 12.1 Å². The second-order valence-electron chi connectivity index (χ2n) is 4.48. The van der Waals surface area contributed by atoms with E-state index in [1.54, 1.807) is 13.2 Å². The van der Waals surface area contributed by atoms with Gasteiger partial charge in [-0.05, 0) is 30.2 Å². The van der Waals surface area contributed by atoms with Gasteiger partial charge in [0.15, 0.2) is 0 Å². The molecule has 0 fully saturated rings. The summed E-state index contributed by atoms with van der Waals surface area (Å²) in [6, 6.07) is 6.16. The summed E-state index contributed by atoms with van der Waals surface area (Å²) in [6.45, 7) is 2.98. The molecule has 18 heavy (non-hydrogen) atoms. The molecule has 90 valence electrons. The first kappa shape index (κ1) is 11.0. The van der Waals surface area contributed by atoms with Crippen LogP contribution in [0.25, 0.3) is 10.9 Å². The van der Waals surface area contributed by atoms with E-state index in [-0.39, 0.29) is 0 Å². The zero-order valence-corrected chi connectivity index (χ0v) is 10.3.